The standard InChI is InChI=1S/C13H10F2N2S/c14-8-4-7(5-9(15)6-8)12-16-11-3-1-2-10(11)13(18)17-12/h4-6H,1-3H2,(H,16,17,18). The highest BCUT2D eigenvalue weighted by molar-refractivity contribution is 7.71. The molecule has 1 heterocycles. The summed E-state index contributed by atoms with van der Waals surface area (Å²) in [5.74, 6) is -0.808. The van der Waals surface area contributed by atoms with Crippen molar-refractivity contribution in [3.63, 3.8) is 0 Å². The summed E-state index contributed by atoms with van der Waals surface area (Å²) < 4.78 is 26.9. The van der Waals surface area contributed by atoms with E-state index in [1.165, 1.54) is 12.1 Å². The molecule has 0 spiro atoms. The quantitative estimate of drug-likeness (QED) is 0.798. The minimum Gasteiger partial charge on any atom is -0.343 e. The lowest BCUT2D eigenvalue weighted by Crippen LogP contribution is -1.98. The molecule has 0 amide bonds. The summed E-state index contributed by atoms with van der Waals surface area (Å²) in [5, 5.41) is 0. The van der Waals surface area contributed by atoms with Crippen LogP contribution in [0.2, 0.25) is 0 Å². The molecule has 0 radical (unpaired) electrons. The van der Waals surface area contributed by atoms with E-state index in [2.05, 4.69) is 9.97 Å². The lowest BCUT2D eigenvalue weighted by molar-refractivity contribution is 0.584. The van der Waals surface area contributed by atoms with E-state index in [-0.39, 0.29) is 0 Å². The monoisotopic (exact) mass is 264 g/mol. The first kappa shape index (κ1) is 11.5. The molecule has 92 valence electrons. The van der Waals surface area contributed by atoms with Crippen LogP contribution in [0.1, 0.15) is 17.7 Å². The van der Waals surface area contributed by atoms with Crippen LogP contribution in [0.3, 0.4) is 0 Å². The summed E-state index contributed by atoms with van der Waals surface area (Å²) in [7, 11) is 0. The molecule has 0 fully saturated rings. The normalized spacial score (nSPS) is 13.7. The summed E-state index contributed by atoms with van der Waals surface area (Å²) in [5.41, 5.74) is 2.48. The van der Waals surface area contributed by atoms with Gasteiger partial charge in [-0.2, -0.15) is 0 Å². The maximum absolute atomic E-state index is 13.2. The first-order valence-corrected chi connectivity index (χ1v) is 6.13. The molecule has 0 bridgehead atoms. The van der Waals surface area contributed by atoms with Gasteiger partial charge in [-0.1, -0.05) is 12.2 Å². The minimum absolute atomic E-state index is 0.383. The minimum atomic E-state index is -0.619. The lowest BCUT2D eigenvalue weighted by atomic mass is 10.2. The molecule has 1 aromatic carbocycles. The highest BCUT2D eigenvalue weighted by Crippen LogP contribution is 2.24. The fourth-order valence-electron chi connectivity index (χ4n) is 2.28. The van der Waals surface area contributed by atoms with Crippen LogP contribution in [-0.2, 0) is 12.8 Å². The molecule has 1 aromatic heterocycles. The van der Waals surface area contributed by atoms with Crippen molar-refractivity contribution in [2.75, 3.05) is 0 Å². The van der Waals surface area contributed by atoms with Gasteiger partial charge < -0.3 is 4.98 Å². The van der Waals surface area contributed by atoms with E-state index >= 15 is 0 Å². The fourth-order valence-corrected chi connectivity index (χ4v) is 2.60. The second-order valence-corrected chi connectivity index (χ2v) is 4.75. The van der Waals surface area contributed by atoms with Gasteiger partial charge in [0.15, 0.2) is 0 Å². The molecule has 1 N–H and O–H groups in total. The Balaban J connectivity index is 2.18. The third-order valence-electron chi connectivity index (χ3n) is 3.09. The molecule has 1 aliphatic carbocycles. The molecule has 0 atom stereocenters. The van der Waals surface area contributed by atoms with E-state index in [0.29, 0.717) is 16.0 Å². The Kier molecular flexibility index (Phi) is 2.70. The number of benzene rings is 1. The van der Waals surface area contributed by atoms with Gasteiger partial charge in [0, 0.05) is 22.9 Å². The number of nitrogens with zero attached hydrogens (tertiary/aromatic N) is 1. The first-order chi connectivity index (χ1) is 8.63. The van der Waals surface area contributed by atoms with Crippen LogP contribution in [-0.4, -0.2) is 9.97 Å². The van der Waals surface area contributed by atoms with Gasteiger partial charge in [-0.3, -0.25) is 0 Å². The molecule has 1 aliphatic rings. The van der Waals surface area contributed by atoms with Gasteiger partial charge in [-0.25, -0.2) is 13.8 Å². The van der Waals surface area contributed by atoms with E-state index in [9.17, 15) is 8.78 Å². The second kappa shape index (κ2) is 4.24. The molecular weight excluding hydrogens is 254 g/mol. The van der Waals surface area contributed by atoms with Crippen molar-refractivity contribution < 1.29 is 8.78 Å². The summed E-state index contributed by atoms with van der Waals surface area (Å²) in [6, 6.07) is 3.33. The van der Waals surface area contributed by atoms with Crippen molar-refractivity contribution in [2.24, 2.45) is 0 Å². The molecule has 0 saturated carbocycles. The van der Waals surface area contributed by atoms with Crippen molar-refractivity contribution in [3.05, 3.63) is 45.7 Å². The van der Waals surface area contributed by atoms with Crippen molar-refractivity contribution in [3.8, 4) is 11.4 Å². The number of fused-ring (bicyclic) bond motifs is 1. The number of nitrogens with one attached hydrogen (secondary N) is 1. The Labute approximate surface area is 108 Å². The number of aryl methyl sites for hydroxylation is 1. The highest BCUT2D eigenvalue weighted by atomic mass is 32.1. The van der Waals surface area contributed by atoms with Crippen LogP contribution in [0.15, 0.2) is 18.2 Å². The predicted molar refractivity (Wildman–Crippen MR) is 66.8 cm³/mol. The van der Waals surface area contributed by atoms with Crippen LogP contribution in [0.5, 0.6) is 0 Å². The Morgan fingerprint density at radius 1 is 1.11 bits per heavy atom. The third-order valence-corrected chi connectivity index (χ3v) is 3.43. The zero-order valence-electron chi connectivity index (χ0n) is 9.46. The Morgan fingerprint density at radius 3 is 2.56 bits per heavy atom. The van der Waals surface area contributed by atoms with E-state index in [0.717, 1.165) is 36.6 Å². The van der Waals surface area contributed by atoms with Crippen LogP contribution in [0.25, 0.3) is 11.4 Å². The van der Waals surface area contributed by atoms with E-state index in [1.807, 2.05) is 0 Å². The summed E-state index contributed by atoms with van der Waals surface area (Å²) in [4.78, 5) is 7.35. The number of hydrogen-bond acceptors (Lipinski definition) is 2. The Hall–Kier alpha value is -1.62. The summed E-state index contributed by atoms with van der Waals surface area (Å²) in [6.07, 6.45) is 2.87. The molecule has 18 heavy (non-hydrogen) atoms. The van der Waals surface area contributed by atoms with Crippen molar-refractivity contribution >= 4 is 12.2 Å². The van der Waals surface area contributed by atoms with Crippen LogP contribution in [0, 0.1) is 16.3 Å². The maximum Gasteiger partial charge on any atom is 0.139 e. The van der Waals surface area contributed by atoms with E-state index < -0.39 is 11.6 Å². The largest absolute Gasteiger partial charge is 0.343 e. The van der Waals surface area contributed by atoms with Gasteiger partial charge in [-0.15, -0.1) is 0 Å². The van der Waals surface area contributed by atoms with Gasteiger partial charge in [0.1, 0.15) is 22.1 Å². The number of rotatable bonds is 1. The number of aromatic nitrogens is 2. The molecule has 0 aliphatic heterocycles. The van der Waals surface area contributed by atoms with Gasteiger partial charge in [0.25, 0.3) is 0 Å². The van der Waals surface area contributed by atoms with Crippen molar-refractivity contribution in [1.29, 1.82) is 0 Å². The average Bonchev–Trinajstić information content (AvgIpc) is 2.76. The van der Waals surface area contributed by atoms with Gasteiger partial charge in [0.05, 0.1) is 0 Å². The van der Waals surface area contributed by atoms with Crippen molar-refractivity contribution in [1.82, 2.24) is 9.97 Å². The topological polar surface area (TPSA) is 28.7 Å². The smallest absolute Gasteiger partial charge is 0.139 e. The maximum atomic E-state index is 13.2. The Bertz CT molecular complexity index is 659. The highest BCUT2D eigenvalue weighted by Gasteiger charge is 2.15. The summed E-state index contributed by atoms with van der Waals surface area (Å²) in [6.45, 7) is 0. The van der Waals surface area contributed by atoms with Crippen molar-refractivity contribution in [2.45, 2.75) is 19.3 Å². The lowest BCUT2D eigenvalue weighted by Gasteiger charge is -2.06. The number of aromatic amines is 1. The van der Waals surface area contributed by atoms with Crippen LogP contribution in [0.4, 0.5) is 8.78 Å². The zero-order valence-corrected chi connectivity index (χ0v) is 10.3. The van der Waals surface area contributed by atoms with Crippen LogP contribution >= 0.6 is 12.2 Å². The summed E-state index contributed by atoms with van der Waals surface area (Å²) >= 11 is 5.21. The van der Waals surface area contributed by atoms with Crippen LogP contribution < -0.4 is 0 Å². The molecule has 3 rings (SSSR count). The average molecular weight is 264 g/mol. The van der Waals surface area contributed by atoms with Gasteiger partial charge in [0.2, 0.25) is 0 Å². The molecule has 2 nitrogen and oxygen atoms in total. The van der Waals surface area contributed by atoms with E-state index in [1.54, 1.807) is 0 Å². The molecule has 2 aromatic rings. The molecule has 0 saturated heterocycles. The number of halogens is 2. The second-order valence-electron chi connectivity index (χ2n) is 4.36. The predicted octanol–water partition coefficient (Wildman–Crippen LogP) is 3.57. The number of H-pyrrole nitrogens is 1. The molecule has 5 heteroatoms. The van der Waals surface area contributed by atoms with E-state index in [4.69, 9.17) is 12.2 Å². The van der Waals surface area contributed by atoms with Gasteiger partial charge >= 0.3 is 0 Å². The third kappa shape index (κ3) is 1.95. The zero-order chi connectivity index (χ0) is 12.7. The SMILES string of the molecule is Fc1cc(F)cc(-c2nc(=S)c3c([nH]2)CCC3)c1. The first-order valence-electron chi connectivity index (χ1n) is 5.72. The number of hydrogen-bond donors (Lipinski definition) is 1. The molecular formula is C13H10F2N2S. The van der Waals surface area contributed by atoms with Gasteiger partial charge in [-0.05, 0) is 31.4 Å². The fraction of sp³-hybridized carbons (Fsp3) is 0.231. The Morgan fingerprint density at radius 2 is 1.83 bits per heavy atom. The molecule has 0 unspecified atom stereocenters.